The fourth-order valence-corrected chi connectivity index (χ4v) is 3.03. The first-order chi connectivity index (χ1) is 10.7. The highest BCUT2D eigenvalue weighted by Gasteiger charge is 2.22. The average molecular weight is 304 g/mol. The van der Waals surface area contributed by atoms with Gasteiger partial charge in [0.15, 0.2) is 5.58 Å². The average Bonchev–Trinajstić information content (AvgIpc) is 2.95. The van der Waals surface area contributed by atoms with Crippen LogP contribution in [0, 0.1) is 5.92 Å². The van der Waals surface area contributed by atoms with Crippen LogP contribution >= 0.6 is 0 Å². The molecule has 2 heterocycles. The summed E-state index contributed by atoms with van der Waals surface area (Å²) in [5, 5.41) is 14.1. The molecular formula is C16H20N2O4. The number of fused-ring (bicyclic) bond motifs is 1. The van der Waals surface area contributed by atoms with Gasteiger partial charge in [-0.25, -0.2) is 4.79 Å². The molecule has 1 aliphatic rings. The van der Waals surface area contributed by atoms with Gasteiger partial charge in [-0.15, -0.1) is 0 Å². The topological polar surface area (TPSA) is 75.8 Å². The van der Waals surface area contributed by atoms with Crippen LogP contribution in [-0.4, -0.2) is 41.5 Å². The fourth-order valence-electron chi connectivity index (χ4n) is 3.03. The first-order valence-electron chi connectivity index (χ1n) is 7.57. The Morgan fingerprint density at radius 3 is 2.91 bits per heavy atom. The van der Waals surface area contributed by atoms with Crippen LogP contribution in [0.4, 0.5) is 4.79 Å². The van der Waals surface area contributed by atoms with Gasteiger partial charge in [0.1, 0.15) is 5.75 Å². The lowest BCUT2D eigenvalue weighted by Crippen LogP contribution is -2.37. The number of piperidine rings is 1. The molecule has 0 atom stereocenters. The Morgan fingerprint density at radius 1 is 1.45 bits per heavy atom. The van der Waals surface area contributed by atoms with Gasteiger partial charge in [-0.3, -0.25) is 0 Å². The maximum Gasteiger partial charge on any atom is 0.407 e. The van der Waals surface area contributed by atoms with Gasteiger partial charge in [0.25, 0.3) is 0 Å². The minimum absolute atomic E-state index is 0.549. The van der Waals surface area contributed by atoms with Gasteiger partial charge in [0.2, 0.25) is 0 Å². The van der Waals surface area contributed by atoms with E-state index in [2.05, 4.69) is 5.16 Å². The summed E-state index contributed by atoms with van der Waals surface area (Å²) in [6.07, 6.45) is 2.88. The number of rotatable bonds is 4. The zero-order valence-electron chi connectivity index (χ0n) is 12.6. The van der Waals surface area contributed by atoms with E-state index in [1.54, 1.807) is 7.11 Å². The Hall–Kier alpha value is -2.24. The number of amides is 1. The SMILES string of the molecule is COc1ccc2onc(CCC3CCN(C(=O)O)CC3)c2c1. The van der Waals surface area contributed by atoms with Crippen LogP contribution in [-0.2, 0) is 6.42 Å². The van der Waals surface area contributed by atoms with Crippen LogP contribution in [0.25, 0.3) is 11.0 Å². The van der Waals surface area contributed by atoms with Crippen molar-refractivity contribution in [2.75, 3.05) is 20.2 Å². The number of hydrogen-bond donors (Lipinski definition) is 1. The highest BCUT2D eigenvalue weighted by atomic mass is 16.5. The molecule has 1 aromatic heterocycles. The van der Waals surface area contributed by atoms with E-state index in [9.17, 15) is 4.79 Å². The lowest BCUT2D eigenvalue weighted by molar-refractivity contribution is 0.123. The summed E-state index contributed by atoms with van der Waals surface area (Å²) in [4.78, 5) is 12.4. The minimum Gasteiger partial charge on any atom is -0.497 e. The zero-order chi connectivity index (χ0) is 15.5. The second-order valence-corrected chi connectivity index (χ2v) is 5.74. The number of aryl methyl sites for hydroxylation is 1. The van der Waals surface area contributed by atoms with Crippen molar-refractivity contribution in [2.24, 2.45) is 5.92 Å². The first-order valence-corrected chi connectivity index (χ1v) is 7.57. The standard InChI is InChI=1S/C16H20N2O4/c1-21-12-3-5-15-13(10-12)14(17-22-15)4-2-11-6-8-18(9-7-11)16(19)20/h3,5,10-11H,2,4,6-9H2,1H3,(H,19,20). The molecule has 118 valence electrons. The summed E-state index contributed by atoms with van der Waals surface area (Å²) in [7, 11) is 1.64. The fraction of sp³-hybridized carbons (Fsp3) is 0.500. The molecule has 0 radical (unpaired) electrons. The van der Waals surface area contributed by atoms with Crippen molar-refractivity contribution in [3.8, 4) is 5.75 Å². The molecule has 1 saturated heterocycles. The van der Waals surface area contributed by atoms with Crippen LogP contribution < -0.4 is 4.74 Å². The van der Waals surface area contributed by atoms with Crippen molar-refractivity contribution in [3.05, 3.63) is 23.9 Å². The maximum absolute atomic E-state index is 10.9. The minimum atomic E-state index is -0.812. The summed E-state index contributed by atoms with van der Waals surface area (Å²) < 4.78 is 10.6. The van der Waals surface area contributed by atoms with E-state index in [0.717, 1.165) is 48.1 Å². The lowest BCUT2D eigenvalue weighted by Gasteiger charge is -2.29. The molecule has 6 heteroatoms. The van der Waals surface area contributed by atoms with E-state index in [1.165, 1.54) is 4.90 Å². The van der Waals surface area contributed by atoms with Crippen LogP contribution in [0.3, 0.4) is 0 Å². The molecule has 0 unspecified atom stereocenters. The van der Waals surface area contributed by atoms with Crippen molar-refractivity contribution in [3.63, 3.8) is 0 Å². The Morgan fingerprint density at radius 2 is 2.23 bits per heavy atom. The van der Waals surface area contributed by atoms with Gasteiger partial charge in [0.05, 0.1) is 12.8 Å². The number of aromatic nitrogens is 1. The predicted octanol–water partition coefficient (Wildman–Crippen LogP) is 3.16. The summed E-state index contributed by atoms with van der Waals surface area (Å²) in [6.45, 7) is 1.26. The molecule has 3 rings (SSSR count). The molecule has 1 N–H and O–H groups in total. The monoisotopic (exact) mass is 304 g/mol. The van der Waals surface area contributed by atoms with Crippen molar-refractivity contribution in [2.45, 2.75) is 25.7 Å². The molecule has 1 amide bonds. The lowest BCUT2D eigenvalue weighted by atomic mass is 9.91. The second-order valence-electron chi connectivity index (χ2n) is 5.74. The van der Waals surface area contributed by atoms with Crippen LogP contribution in [0.2, 0.25) is 0 Å². The third-order valence-corrected chi connectivity index (χ3v) is 4.43. The molecule has 1 aliphatic heterocycles. The van der Waals surface area contributed by atoms with Gasteiger partial charge >= 0.3 is 6.09 Å². The number of carboxylic acid groups (broad SMARTS) is 1. The van der Waals surface area contributed by atoms with Crippen LogP contribution in [0.15, 0.2) is 22.7 Å². The molecule has 22 heavy (non-hydrogen) atoms. The zero-order valence-corrected chi connectivity index (χ0v) is 12.6. The summed E-state index contributed by atoms with van der Waals surface area (Å²) >= 11 is 0. The van der Waals surface area contributed by atoms with Crippen molar-refractivity contribution in [1.29, 1.82) is 0 Å². The molecule has 6 nitrogen and oxygen atoms in total. The molecular weight excluding hydrogens is 284 g/mol. The molecule has 1 aromatic carbocycles. The van der Waals surface area contributed by atoms with Gasteiger partial charge in [-0.2, -0.15) is 0 Å². The number of likely N-dealkylation sites (tertiary alicyclic amines) is 1. The molecule has 2 aromatic rings. The largest absolute Gasteiger partial charge is 0.497 e. The van der Waals surface area contributed by atoms with E-state index in [-0.39, 0.29) is 0 Å². The van der Waals surface area contributed by atoms with Crippen LogP contribution in [0.1, 0.15) is 25.0 Å². The Kier molecular flexibility index (Phi) is 4.18. The Balaban J connectivity index is 1.61. The number of carbonyl (C=O) groups is 1. The van der Waals surface area contributed by atoms with E-state index < -0.39 is 6.09 Å². The number of hydrogen-bond acceptors (Lipinski definition) is 4. The van der Waals surface area contributed by atoms with Gasteiger partial charge in [-0.05, 0) is 49.8 Å². The first kappa shape index (κ1) is 14.7. The van der Waals surface area contributed by atoms with E-state index in [0.29, 0.717) is 19.0 Å². The Bertz CT molecular complexity index is 659. The van der Waals surface area contributed by atoms with Gasteiger partial charge in [0, 0.05) is 18.5 Å². The predicted molar refractivity (Wildman–Crippen MR) is 81.2 cm³/mol. The summed E-state index contributed by atoms with van der Waals surface area (Å²) in [5.74, 6) is 1.35. The smallest absolute Gasteiger partial charge is 0.407 e. The van der Waals surface area contributed by atoms with Crippen LogP contribution in [0.5, 0.6) is 5.75 Å². The van der Waals surface area contributed by atoms with Crippen molar-refractivity contribution >= 4 is 17.1 Å². The molecule has 1 fully saturated rings. The third kappa shape index (κ3) is 3.00. The molecule has 0 aliphatic carbocycles. The van der Waals surface area contributed by atoms with Gasteiger partial charge < -0.3 is 19.3 Å². The summed E-state index contributed by atoms with van der Waals surface area (Å²) in [5.41, 5.74) is 1.73. The number of nitrogens with zero attached hydrogens (tertiary/aromatic N) is 2. The van der Waals surface area contributed by atoms with Crippen molar-refractivity contribution in [1.82, 2.24) is 10.1 Å². The highest BCUT2D eigenvalue weighted by Crippen LogP contribution is 2.27. The van der Waals surface area contributed by atoms with Crippen molar-refractivity contribution < 1.29 is 19.2 Å². The second kappa shape index (κ2) is 6.25. The number of methoxy groups -OCH3 is 1. The molecule has 0 bridgehead atoms. The maximum atomic E-state index is 10.9. The van der Waals surface area contributed by atoms with E-state index in [4.69, 9.17) is 14.4 Å². The van der Waals surface area contributed by atoms with Gasteiger partial charge in [-0.1, -0.05) is 5.16 Å². The quantitative estimate of drug-likeness (QED) is 0.939. The number of benzene rings is 1. The van der Waals surface area contributed by atoms with E-state index >= 15 is 0 Å². The highest BCUT2D eigenvalue weighted by molar-refractivity contribution is 5.81. The summed E-state index contributed by atoms with van der Waals surface area (Å²) in [6, 6.07) is 5.68. The normalized spacial score (nSPS) is 16.1. The molecule has 0 saturated carbocycles. The van der Waals surface area contributed by atoms with E-state index in [1.807, 2.05) is 18.2 Å². The number of ether oxygens (including phenoxy) is 1. The Labute approximate surface area is 128 Å². The molecule has 0 spiro atoms. The third-order valence-electron chi connectivity index (χ3n) is 4.43.